The summed E-state index contributed by atoms with van der Waals surface area (Å²) in [4.78, 5) is 23.0. The van der Waals surface area contributed by atoms with Gasteiger partial charge >= 0.3 is 11.9 Å². The standard InChI is InChI=1S/C17H16O4/c1-3-11-5-4-6-12(9-11)15-13(16(18)19)8-7-10(2)14(15)17(20)21/h4-9H,3H2,1-2H3,(H,18,19)(H,20,21). The Labute approximate surface area is 122 Å². The Bertz CT molecular complexity index is 717. The number of carboxylic acids is 2. The lowest BCUT2D eigenvalue weighted by Crippen LogP contribution is -2.09. The van der Waals surface area contributed by atoms with Crippen LogP contribution < -0.4 is 0 Å². The van der Waals surface area contributed by atoms with Gasteiger partial charge in [0.1, 0.15) is 0 Å². The molecule has 0 aliphatic rings. The van der Waals surface area contributed by atoms with Crippen LogP contribution in [0.2, 0.25) is 0 Å². The Morgan fingerprint density at radius 3 is 2.33 bits per heavy atom. The molecular formula is C17H16O4. The molecule has 0 aliphatic carbocycles. The molecule has 2 aromatic rings. The van der Waals surface area contributed by atoms with Crippen molar-refractivity contribution in [2.45, 2.75) is 20.3 Å². The zero-order valence-electron chi connectivity index (χ0n) is 11.9. The molecule has 4 nitrogen and oxygen atoms in total. The maximum absolute atomic E-state index is 11.6. The summed E-state index contributed by atoms with van der Waals surface area (Å²) < 4.78 is 0. The lowest BCUT2D eigenvalue weighted by Gasteiger charge is -2.13. The fourth-order valence-electron chi connectivity index (χ4n) is 2.41. The molecule has 0 atom stereocenters. The first-order valence-corrected chi connectivity index (χ1v) is 6.65. The molecule has 0 radical (unpaired) electrons. The van der Waals surface area contributed by atoms with Gasteiger partial charge in [0.2, 0.25) is 0 Å². The summed E-state index contributed by atoms with van der Waals surface area (Å²) in [5.41, 5.74) is 2.51. The molecule has 0 aliphatic heterocycles. The van der Waals surface area contributed by atoms with Crippen LogP contribution in [0.5, 0.6) is 0 Å². The zero-order chi connectivity index (χ0) is 15.6. The van der Waals surface area contributed by atoms with Crippen molar-refractivity contribution in [2.24, 2.45) is 0 Å². The van der Waals surface area contributed by atoms with Gasteiger partial charge in [-0.2, -0.15) is 0 Å². The Morgan fingerprint density at radius 2 is 1.76 bits per heavy atom. The number of rotatable bonds is 4. The third-order valence-corrected chi connectivity index (χ3v) is 3.48. The highest BCUT2D eigenvalue weighted by atomic mass is 16.4. The highest BCUT2D eigenvalue weighted by molar-refractivity contribution is 6.05. The van der Waals surface area contributed by atoms with E-state index in [1.165, 1.54) is 12.1 Å². The number of aromatic carboxylic acids is 2. The van der Waals surface area contributed by atoms with E-state index in [-0.39, 0.29) is 16.7 Å². The van der Waals surface area contributed by atoms with Crippen LogP contribution in [0, 0.1) is 6.92 Å². The van der Waals surface area contributed by atoms with Crippen LogP contribution in [0.3, 0.4) is 0 Å². The molecule has 0 saturated carbocycles. The van der Waals surface area contributed by atoms with E-state index in [0.717, 1.165) is 12.0 Å². The molecule has 4 heteroatoms. The fraction of sp³-hybridized carbons (Fsp3) is 0.176. The van der Waals surface area contributed by atoms with Gasteiger partial charge in [-0.25, -0.2) is 9.59 Å². The van der Waals surface area contributed by atoms with Crippen LogP contribution in [0.4, 0.5) is 0 Å². The molecule has 2 N–H and O–H groups in total. The summed E-state index contributed by atoms with van der Waals surface area (Å²) in [5.74, 6) is -2.25. The van der Waals surface area contributed by atoms with E-state index in [4.69, 9.17) is 0 Å². The number of hydrogen-bond donors (Lipinski definition) is 2. The topological polar surface area (TPSA) is 74.6 Å². The Hall–Kier alpha value is -2.62. The predicted octanol–water partition coefficient (Wildman–Crippen LogP) is 3.62. The lowest BCUT2D eigenvalue weighted by atomic mass is 9.90. The Balaban J connectivity index is 2.83. The molecule has 0 saturated heterocycles. The van der Waals surface area contributed by atoms with Gasteiger partial charge in [-0.3, -0.25) is 0 Å². The van der Waals surface area contributed by atoms with E-state index in [2.05, 4.69) is 0 Å². The van der Waals surface area contributed by atoms with Gasteiger partial charge in [-0.15, -0.1) is 0 Å². The molecule has 0 spiro atoms. The molecule has 0 amide bonds. The molecule has 0 heterocycles. The summed E-state index contributed by atoms with van der Waals surface area (Å²) >= 11 is 0. The van der Waals surface area contributed by atoms with Gasteiger partial charge in [0.25, 0.3) is 0 Å². The predicted molar refractivity (Wildman–Crippen MR) is 79.9 cm³/mol. The minimum atomic E-state index is -1.13. The van der Waals surface area contributed by atoms with Crippen LogP contribution >= 0.6 is 0 Å². The monoisotopic (exact) mass is 284 g/mol. The van der Waals surface area contributed by atoms with E-state index >= 15 is 0 Å². The van der Waals surface area contributed by atoms with Crippen molar-refractivity contribution in [1.82, 2.24) is 0 Å². The second-order valence-corrected chi connectivity index (χ2v) is 4.84. The highest BCUT2D eigenvalue weighted by Crippen LogP contribution is 2.31. The van der Waals surface area contributed by atoms with Gasteiger partial charge in [0.15, 0.2) is 0 Å². The van der Waals surface area contributed by atoms with Gasteiger partial charge in [0, 0.05) is 5.56 Å². The van der Waals surface area contributed by atoms with Gasteiger partial charge < -0.3 is 10.2 Å². The summed E-state index contributed by atoms with van der Waals surface area (Å²) in [6, 6.07) is 10.3. The third kappa shape index (κ3) is 2.79. The van der Waals surface area contributed by atoms with E-state index in [1.54, 1.807) is 13.0 Å². The smallest absolute Gasteiger partial charge is 0.336 e. The van der Waals surface area contributed by atoms with Crippen molar-refractivity contribution in [3.63, 3.8) is 0 Å². The van der Waals surface area contributed by atoms with Gasteiger partial charge in [-0.1, -0.05) is 37.3 Å². The summed E-state index contributed by atoms with van der Waals surface area (Å²) in [6.07, 6.45) is 0.796. The van der Waals surface area contributed by atoms with Crippen LogP contribution in [0.15, 0.2) is 36.4 Å². The summed E-state index contributed by atoms with van der Waals surface area (Å²) in [6.45, 7) is 3.66. The number of carboxylic acid groups (broad SMARTS) is 2. The van der Waals surface area contributed by atoms with Crippen molar-refractivity contribution in [3.8, 4) is 11.1 Å². The SMILES string of the molecule is CCc1cccc(-c2c(C(=O)O)ccc(C)c2C(=O)O)c1. The highest BCUT2D eigenvalue weighted by Gasteiger charge is 2.22. The molecule has 108 valence electrons. The van der Waals surface area contributed by atoms with Crippen LogP contribution in [0.1, 0.15) is 38.8 Å². The van der Waals surface area contributed by atoms with Gasteiger partial charge in [0.05, 0.1) is 11.1 Å². The van der Waals surface area contributed by atoms with Crippen molar-refractivity contribution >= 4 is 11.9 Å². The maximum Gasteiger partial charge on any atom is 0.336 e. The second kappa shape index (κ2) is 5.79. The second-order valence-electron chi connectivity index (χ2n) is 4.84. The average Bonchev–Trinajstić information content (AvgIpc) is 2.46. The number of benzene rings is 2. The number of hydrogen-bond acceptors (Lipinski definition) is 2. The van der Waals surface area contributed by atoms with Crippen LogP contribution in [0.25, 0.3) is 11.1 Å². The normalized spacial score (nSPS) is 10.4. The first kappa shape index (κ1) is 14.8. The molecular weight excluding hydrogens is 268 g/mol. The Kier molecular flexibility index (Phi) is 4.08. The van der Waals surface area contributed by atoms with Gasteiger partial charge in [-0.05, 0) is 36.1 Å². The molecule has 2 aromatic carbocycles. The van der Waals surface area contributed by atoms with E-state index in [1.807, 2.05) is 25.1 Å². The van der Waals surface area contributed by atoms with E-state index < -0.39 is 11.9 Å². The van der Waals surface area contributed by atoms with Crippen LogP contribution in [-0.4, -0.2) is 22.2 Å². The molecule has 0 unspecified atom stereocenters. The zero-order valence-corrected chi connectivity index (χ0v) is 11.9. The molecule has 0 fully saturated rings. The fourth-order valence-corrected chi connectivity index (χ4v) is 2.41. The molecule has 0 bridgehead atoms. The maximum atomic E-state index is 11.6. The lowest BCUT2D eigenvalue weighted by molar-refractivity contribution is 0.0695. The number of aryl methyl sites for hydroxylation is 2. The van der Waals surface area contributed by atoms with Crippen molar-refractivity contribution in [3.05, 3.63) is 58.7 Å². The van der Waals surface area contributed by atoms with Crippen molar-refractivity contribution in [2.75, 3.05) is 0 Å². The Morgan fingerprint density at radius 1 is 1.05 bits per heavy atom. The molecule has 2 rings (SSSR count). The van der Waals surface area contributed by atoms with Crippen molar-refractivity contribution < 1.29 is 19.8 Å². The summed E-state index contributed by atoms with van der Waals surface area (Å²) in [7, 11) is 0. The van der Waals surface area contributed by atoms with Crippen molar-refractivity contribution in [1.29, 1.82) is 0 Å². The van der Waals surface area contributed by atoms with E-state index in [9.17, 15) is 19.8 Å². The van der Waals surface area contributed by atoms with E-state index in [0.29, 0.717) is 11.1 Å². The van der Waals surface area contributed by atoms with Crippen LogP contribution in [-0.2, 0) is 6.42 Å². The first-order valence-electron chi connectivity index (χ1n) is 6.65. The average molecular weight is 284 g/mol. The third-order valence-electron chi connectivity index (χ3n) is 3.48. The minimum Gasteiger partial charge on any atom is -0.478 e. The minimum absolute atomic E-state index is 0.00579. The quantitative estimate of drug-likeness (QED) is 0.899. The summed E-state index contributed by atoms with van der Waals surface area (Å²) in [5, 5.41) is 18.8. The first-order chi connectivity index (χ1) is 9.95. The molecule has 21 heavy (non-hydrogen) atoms. The largest absolute Gasteiger partial charge is 0.478 e. The number of carbonyl (C=O) groups is 2. The molecule has 0 aromatic heterocycles.